The van der Waals surface area contributed by atoms with E-state index in [2.05, 4.69) is 5.32 Å². The summed E-state index contributed by atoms with van der Waals surface area (Å²) in [7, 11) is 1.61. The number of aromatic carboxylic acids is 1. The van der Waals surface area contributed by atoms with Gasteiger partial charge in [0.1, 0.15) is 10.6 Å². The van der Waals surface area contributed by atoms with Crippen LogP contribution in [0.25, 0.3) is 0 Å². The van der Waals surface area contributed by atoms with Gasteiger partial charge in [0.2, 0.25) is 5.91 Å². The number of ether oxygens (including phenoxy) is 1. The number of carbonyl (C=O) groups is 2. The quantitative estimate of drug-likeness (QED) is 0.815. The lowest BCUT2D eigenvalue weighted by Gasteiger charge is -2.13. The molecule has 2 N–H and O–H groups in total. The van der Waals surface area contributed by atoms with Gasteiger partial charge in [0.25, 0.3) is 0 Å². The third-order valence-electron chi connectivity index (χ3n) is 3.49. The molecule has 6 heteroatoms. The molecule has 1 amide bonds. The molecular weight excluding hydrogens is 314 g/mol. The first-order valence-electron chi connectivity index (χ1n) is 7.22. The van der Waals surface area contributed by atoms with Crippen molar-refractivity contribution in [2.45, 2.75) is 25.8 Å². The fraction of sp³-hybridized carbons (Fsp3) is 0.294. The molecule has 23 heavy (non-hydrogen) atoms. The van der Waals surface area contributed by atoms with Crippen LogP contribution in [0.2, 0.25) is 0 Å². The summed E-state index contributed by atoms with van der Waals surface area (Å²) in [5.41, 5.74) is 1.05. The molecule has 1 aromatic carbocycles. The molecule has 0 saturated heterocycles. The first kappa shape index (κ1) is 17.0. The van der Waals surface area contributed by atoms with Crippen molar-refractivity contribution < 1.29 is 19.4 Å². The van der Waals surface area contributed by atoms with Crippen molar-refractivity contribution in [2.24, 2.45) is 0 Å². The molecule has 2 aromatic rings. The number of methoxy groups -OCH3 is 1. The van der Waals surface area contributed by atoms with Gasteiger partial charge in [-0.15, -0.1) is 11.3 Å². The number of amides is 1. The second-order valence-corrected chi connectivity index (χ2v) is 6.40. The van der Waals surface area contributed by atoms with Crippen molar-refractivity contribution in [2.75, 3.05) is 7.11 Å². The van der Waals surface area contributed by atoms with E-state index in [4.69, 9.17) is 9.84 Å². The van der Waals surface area contributed by atoms with E-state index >= 15 is 0 Å². The van der Waals surface area contributed by atoms with Gasteiger partial charge in [-0.05, 0) is 35.7 Å². The molecule has 0 aliphatic rings. The highest BCUT2D eigenvalue weighted by atomic mass is 32.1. The molecule has 0 aliphatic heterocycles. The van der Waals surface area contributed by atoms with Crippen LogP contribution >= 0.6 is 11.3 Å². The van der Waals surface area contributed by atoms with Crippen molar-refractivity contribution in [1.82, 2.24) is 5.32 Å². The van der Waals surface area contributed by atoms with Crippen molar-refractivity contribution >= 4 is 23.2 Å². The lowest BCUT2D eigenvalue weighted by Crippen LogP contribution is -2.23. The standard InChI is InChI=1S/C17H19NO4S/c1-11(12-4-3-5-13(9-12)22-2)8-16(19)18-10-14-6-7-15(23-14)17(20)21/h3-7,9,11H,8,10H2,1-2H3,(H,18,19)(H,20,21). The van der Waals surface area contributed by atoms with Gasteiger partial charge in [0.15, 0.2) is 0 Å². The number of hydrogen-bond donors (Lipinski definition) is 2. The highest BCUT2D eigenvalue weighted by molar-refractivity contribution is 7.13. The molecule has 0 aliphatic carbocycles. The molecule has 1 heterocycles. The molecular formula is C17H19NO4S. The largest absolute Gasteiger partial charge is 0.497 e. The lowest BCUT2D eigenvalue weighted by atomic mass is 9.97. The van der Waals surface area contributed by atoms with Gasteiger partial charge in [-0.3, -0.25) is 4.79 Å². The number of carbonyl (C=O) groups excluding carboxylic acids is 1. The van der Waals surface area contributed by atoms with Crippen LogP contribution in [0.4, 0.5) is 0 Å². The van der Waals surface area contributed by atoms with Crippen LogP contribution in [-0.2, 0) is 11.3 Å². The Balaban J connectivity index is 1.87. The van der Waals surface area contributed by atoms with Crippen LogP contribution in [0.1, 0.15) is 39.4 Å². The molecule has 0 bridgehead atoms. The minimum atomic E-state index is -0.945. The van der Waals surface area contributed by atoms with Crippen molar-refractivity contribution in [3.63, 3.8) is 0 Å². The third-order valence-corrected chi connectivity index (χ3v) is 4.56. The van der Waals surface area contributed by atoms with Crippen molar-refractivity contribution in [3.8, 4) is 5.75 Å². The second-order valence-electron chi connectivity index (χ2n) is 5.23. The smallest absolute Gasteiger partial charge is 0.345 e. The maximum absolute atomic E-state index is 12.0. The van der Waals surface area contributed by atoms with Crippen LogP contribution in [0, 0.1) is 0 Å². The first-order valence-corrected chi connectivity index (χ1v) is 8.04. The SMILES string of the molecule is COc1cccc(C(C)CC(=O)NCc2ccc(C(=O)O)s2)c1. The second kappa shape index (κ2) is 7.78. The zero-order chi connectivity index (χ0) is 16.8. The Bertz CT molecular complexity index is 695. The third kappa shape index (κ3) is 4.82. The number of carboxylic acid groups (broad SMARTS) is 1. The molecule has 5 nitrogen and oxygen atoms in total. The molecule has 122 valence electrons. The van der Waals surface area contributed by atoms with Crippen LogP contribution in [0.5, 0.6) is 5.75 Å². The molecule has 0 radical (unpaired) electrons. The van der Waals surface area contributed by atoms with E-state index in [-0.39, 0.29) is 16.7 Å². The topological polar surface area (TPSA) is 75.6 Å². The number of benzene rings is 1. The van der Waals surface area contributed by atoms with Gasteiger partial charge in [-0.1, -0.05) is 19.1 Å². The highest BCUT2D eigenvalue weighted by Crippen LogP contribution is 2.23. The summed E-state index contributed by atoms with van der Waals surface area (Å²) in [5.74, 6) is -0.164. The van der Waals surface area contributed by atoms with E-state index in [1.807, 2.05) is 31.2 Å². The van der Waals surface area contributed by atoms with Gasteiger partial charge in [-0.2, -0.15) is 0 Å². The van der Waals surface area contributed by atoms with E-state index in [9.17, 15) is 9.59 Å². The summed E-state index contributed by atoms with van der Waals surface area (Å²) in [6.45, 7) is 2.34. The highest BCUT2D eigenvalue weighted by Gasteiger charge is 2.13. The van der Waals surface area contributed by atoms with Crippen molar-refractivity contribution in [3.05, 3.63) is 51.7 Å². The van der Waals surface area contributed by atoms with E-state index in [0.717, 1.165) is 16.2 Å². The number of hydrogen-bond acceptors (Lipinski definition) is 4. The number of thiophene rings is 1. The number of carboxylic acids is 1. The molecule has 0 spiro atoms. The fourth-order valence-corrected chi connectivity index (χ4v) is 2.98. The zero-order valence-corrected chi connectivity index (χ0v) is 13.9. The molecule has 0 fully saturated rings. The van der Waals surface area contributed by atoms with Gasteiger partial charge >= 0.3 is 5.97 Å². The van der Waals surface area contributed by atoms with Gasteiger partial charge < -0.3 is 15.2 Å². The number of nitrogens with one attached hydrogen (secondary N) is 1. The first-order chi connectivity index (χ1) is 11.0. The van der Waals surface area contributed by atoms with Crippen LogP contribution < -0.4 is 10.1 Å². The van der Waals surface area contributed by atoms with Gasteiger partial charge in [-0.25, -0.2) is 4.79 Å². The average Bonchev–Trinajstić information content (AvgIpc) is 3.02. The van der Waals surface area contributed by atoms with Crippen molar-refractivity contribution in [1.29, 1.82) is 0 Å². The molecule has 0 saturated carbocycles. The Hall–Kier alpha value is -2.34. The summed E-state index contributed by atoms with van der Waals surface area (Å²) < 4.78 is 5.19. The summed E-state index contributed by atoms with van der Waals surface area (Å²) in [4.78, 5) is 24.0. The summed E-state index contributed by atoms with van der Waals surface area (Å²) in [6.07, 6.45) is 0.365. The molecule has 2 rings (SSSR count). The number of rotatable bonds is 7. The molecule has 1 unspecified atom stereocenters. The van der Waals surface area contributed by atoms with Crippen LogP contribution in [0.3, 0.4) is 0 Å². The lowest BCUT2D eigenvalue weighted by molar-refractivity contribution is -0.121. The Labute approximate surface area is 138 Å². The Morgan fingerprint density at radius 3 is 2.74 bits per heavy atom. The Morgan fingerprint density at radius 1 is 1.30 bits per heavy atom. The summed E-state index contributed by atoms with van der Waals surface area (Å²) in [6, 6.07) is 10.9. The maximum atomic E-state index is 12.0. The Kier molecular flexibility index (Phi) is 5.76. The zero-order valence-electron chi connectivity index (χ0n) is 13.0. The maximum Gasteiger partial charge on any atom is 0.345 e. The van der Waals surface area contributed by atoms with E-state index in [0.29, 0.717) is 13.0 Å². The average molecular weight is 333 g/mol. The predicted molar refractivity (Wildman–Crippen MR) is 89.2 cm³/mol. The Morgan fingerprint density at radius 2 is 2.09 bits per heavy atom. The van der Waals surface area contributed by atoms with Crippen LogP contribution in [0.15, 0.2) is 36.4 Å². The summed E-state index contributed by atoms with van der Waals surface area (Å²) in [5, 5.41) is 11.7. The normalized spacial score (nSPS) is 11.7. The van der Waals surface area contributed by atoms with Crippen LogP contribution in [-0.4, -0.2) is 24.1 Å². The van der Waals surface area contributed by atoms with Gasteiger partial charge in [0, 0.05) is 11.3 Å². The van der Waals surface area contributed by atoms with E-state index in [1.54, 1.807) is 19.2 Å². The molecule has 1 aromatic heterocycles. The predicted octanol–water partition coefficient (Wildman–Crippen LogP) is 3.26. The van der Waals surface area contributed by atoms with E-state index in [1.165, 1.54) is 11.3 Å². The summed E-state index contributed by atoms with van der Waals surface area (Å²) >= 11 is 1.17. The monoisotopic (exact) mass is 333 g/mol. The molecule has 1 atom stereocenters. The minimum Gasteiger partial charge on any atom is -0.497 e. The fourth-order valence-electron chi connectivity index (χ4n) is 2.19. The minimum absolute atomic E-state index is 0.0643. The van der Waals surface area contributed by atoms with Gasteiger partial charge in [0.05, 0.1) is 13.7 Å². The van der Waals surface area contributed by atoms with E-state index < -0.39 is 5.97 Å².